The first-order valence-corrected chi connectivity index (χ1v) is 12.3. The first kappa shape index (κ1) is 23.8. The molecule has 0 N–H and O–H groups in total. The molecule has 1 aromatic carbocycles. The summed E-state index contributed by atoms with van der Waals surface area (Å²) in [5.74, 6) is -1.48. The smallest absolute Gasteiger partial charge is 0.340 e. The van der Waals surface area contributed by atoms with Gasteiger partial charge in [0.25, 0.3) is 0 Å². The first-order valence-electron chi connectivity index (χ1n) is 11.5. The fourth-order valence-electron chi connectivity index (χ4n) is 4.73. The van der Waals surface area contributed by atoms with Gasteiger partial charge < -0.3 is 9.47 Å². The Kier molecular flexibility index (Phi) is 7.44. The molecule has 1 aliphatic heterocycles. The fourth-order valence-corrected chi connectivity index (χ4v) is 5.98. The van der Waals surface area contributed by atoms with Gasteiger partial charge in [0.15, 0.2) is 0 Å². The molecule has 2 aliphatic rings. The van der Waals surface area contributed by atoms with Crippen LogP contribution in [0.25, 0.3) is 10.4 Å². The minimum absolute atomic E-state index is 0.00642. The molecule has 1 saturated carbocycles. The molecule has 0 unspecified atom stereocenters. The normalized spacial score (nSPS) is 21.6. The van der Waals surface area contributed by atoms with E-state index in [4.69, 9.17) is 9.47 Å². The molecule has 2 aromatic rings. The van der Waals surface area contributed by atoms with E-state index in [0.717, 1.165) is 31.7 Å². The van der Waals surface area contributed by atoms with Crippen LogP contribution in [0.5, 0.6) is 0 Å². The van der Waals surface area contributed by atoms with Crippen molar-refractivity contribution in [1.82, 2.24) is 0 Å². The molecule has 1 aromatic heterocycles. The maximum atomic E-state index is 14.6. The van der Waals surface area contributed by atoms with Crippen molar-refractivity contribution in [2.24, 2.45) is 11.8 Å². The van der Waals surface area contributed by atoms with Gasteiger partial charge in [-0.25, -0.2) is 13.6 Å². The van der Waals surface area contributed by atoms with E-state index in [0.29, 0.717) is 41.9 Å². The topological polar surface area (TPSA) is 55.8 Å². The highest BCUT2D eigenvalue weighted by Crippen LogP contribution is 2.42. The van der Waals surface area contributed by atoms with Crippen LogP contribution in [-0.4, -0.2) is 38.2 Å². The lowest BCUT2D eigenvalue weighted by Crippen LogP contribution is -2.47. The molecule has 0 spiro atoms. The molecule has 5 nitrogen and oxygen atoms in total. The lowest BCUT2D eigenvalue weighted by molar-refractivity contribution is -0.124. The SMILES string of the molecule is COC(=O)c1cc(-c2ccc(F)cc2F)sc1N(C(=O)C1CCC(C)CC1)C1CCOCC1. The van der Waals surface area contributed by atoms with Crippen LogP contribution in [0.15, 0.2) is 24.3 Å². The van der Waals surface area contributed by atoms with Crippen LogP contribution in [0.1, 0.15) is 55.8 Å². The number of halogens is 2. The number of methoxy groups -OCH3 is 1. The van der Waals surface area contributed by atoms with E-state index in [2.05, 4.69) is 6.92 Å². The third-order valence-electron chi connectivity index (χ3n) is 6.69. The highest BCUT2D eigenvalue weighted by atomic mass is 32.1. The second-order valence-corrected chi connectivity index (χ2v) is 9.98. The molecular weight excluding hydrogens is 448 g/mol. The minimum atomic E-state index is -0.718. The minimum Gasteiger partial charge on any atom is -0.465 e. The zero-order chi connectivity index (χ0) is 23.5. The Balaban J connectivity index is 1.78. The summed E-state index contributed by atoms with van der Waals surface area (Å²) < 4.78 is 38.5. The van der Waals surface area contributed by atoms with E-state index in [1.165, 1.54) is 30.6 Å². The van der Waals surface area contributed by atoms with Gasteiger partial charge >= 0.3 is 5.97 Å². The highest BCUT2D eigenvalue weighted by molar-refractivity contribution is 7.20. The number of nitrogens with zero attached hydrogens (tertiary/aromatic N) is 1. The summed E-state index contributed by atoms with van der Waals surface area (Å²) in [6.07, 6.45) is 4.95. The predicted molar refractivity (Wildman–Crippen MR) is 123 cm³/mol. The Bertz CT molecular complexity index is 1010. The van der Waals surface area contributed by atoms with Gasteiger partial charge in [-0.1, -0.05) is 6.92 Å². The zero-order valence-electron chi connectivity index (χ0n) is 18.9. The van der Waals surface area contributed by atoms with E-state index in [1.54, 1.807) is 11.0 Å². The number of thiophene rings is 1. The highest BCUT2D eigenvalue weighted by Gasteiger charge is 2.37. The van der Waals surface area contributed by atoms with Crippen molar-refractivity contribution in [3.05, 3.63) is 41.5 Å². The van der Waals surface area contributed by atoms with E-state index >= 15 is 0 Å². The van der Waals surface area contributed by atoms with Crippen molar-refractivity contribution in [1.29, 1.82) is 0 Å². The van der Waals surface area contributed by atoms with Crippen LogP contribution in [0, 0.1) is 23.5 Å². The van der Waals surface area contributed by atoms with Gasteiger partial charge in [-0.05, 0) is 62.6 Å². The Hall–Kier alpha value is -2.32. The van der Waals surface area contributed by atoms with Crippen molar-refractivity contribution in [2.45, 2.75) is 51.5 Å². The average Bonchev–Trinajstić information content (AvgIpc) is 3.24. The van der Waals surface area contributed by atoms with Crippen LogP contribution < -0.4 is 4.90 Å². The summed E-state index contributed by atoms with van der Waals surface area (Å²) >= 11 is 1.17. The van der Waals surface area contributed by atoms with Gasteiger partial charge in [-0.15, -0.1) is 11.3 Å². The summed E-state index contributed by atoms with van der Waals surface area (Å²) in [6.45, 7) is 3.28. The summed E-state index contributed by atoms with van der Waals surface area (Å²) in [4.78, 5) is 28.8. The summed E-state index contributed by atoms with van der Waals surface area (Å²) in [7, 11) is 1.28. The van der Waals surface area contributed by atoms with Gasteiger partial charge in [-0.3, -0.25) is 9.69 Å². The molecule has 2 fully saturated rings. The summed E-state index contributed by atoms with van der Waals surface area (Å²) in [5.41, 5.74) is 0.411. The number of hydrogen-bond donors (Lipinski definition) is 0. The Morgan fingerprint density at radius 2 is 1.76 bits per heavy atom. The van der Waals surface area contributed by atoms with Crippen LogP contribution in [0.4, 0.5) is 13.8 Å². The quantitative estimate of drug-likeness (QED) is 0.510. The second-order valence-electron chi connectivity index (χ2n) is 8.95. The molecule has 0 atom stereocenters. The molecule has 0 bridgehead atoms. The molecule has 1 saturated heterocycles. The lowest BCUT2D eigenvalue weighted by Gasteiger charge is -2.37. The fraction of sp³-hybridized carbons (Fsp3) is 0.520. The van der Waals surface area contributed by atoms with Crippen molar-refractivity contribution in [3.8, 4) is 10.4 Å². The molecule has 2 heterocycles. The summed E-state index contributed by atoms with van der Waals surface area (Å²) in [5, 5.41) is 0.469. The third kappa shape index (κ3) is 5.11. The molecule has 178 valence electrons. The van der Waals surface area contributed by atoms with Gasteiger partial charge in [0.05, 0.1) is 12.7 Å². The van der Waals surface area contributed by atoms with Gasteiger partial charge in [0.2, 0.25) is 5.91 Å². The molecule has 8 heteroatoms. The zero-order valence-corrected chi connectivity index (χ0v) is 19.8. The number of carbonyl (C=O) groups is 2. The lowest BCUT2D eigenvalue weighted by atomic mass is 9.82. The number of amides is 1. The number of rotatable bonds is 5. The molecule has 1 aliphatic carbocycles. The number of anilines is 1. The Labute approximate surface area is 196 Å². The molecule has 4 rings (SSSR count). The molecular formula is C25H29F2NO4S. The number of ether oxygens (including phenoxy) is 2. The average molecular weight is 478 g/mol. The van der Waals surface area contributed by atoms with Gasteiger partial charge in [-0.2, -0.15) is 0 Å². The van der Waals surface area contributed by atoms with Crippen molar-refractivity contribution >= 4 is 28.2 Å². The van der Waals surface area contributed by atoms with Crippen LogP contribution >= 0.6 is 11.3 Å². The number of hydrogen-bond acceptors (Lipinski definition) is 5. The van der Waals surface area contributed by atoms with Crippen molar-refractivity contribution < 1.29 is 27.8 Å². The largest absolute Gasteiger partial charge is 0.465 e. The monoisotopic (exact) mass is 477 g/mol. The second kappa shape index (κ2) is 10.3. The van der Waals surface area contributed by atoms with Crippen LogP contribution in [0.2, 0.25) is 0 Å². The number of carbonyl (C=O) groups excluding carboxylic acids is 2. The van der Waals surface area contributed by atoms with E-state index < -0.39 is 17.6 Å². The Morgan fingerprint density at radius 3 is 2.39 bits per heavy atom. The maximum Gasteiger partial charge on any atom is 0.340 e. The predicted octanol–water partition coefficient (Wildman–Crippen LogP) is 5.82. The first-order chi connectivity index (χ1) is 15.9. The molecule has 0 radical (unpaired) electrons. The van der Waals surface area contributed by atoms with Crippen LogP contribution in [0.3, 0.4) is 0 Å². The number of benzene rings is 1. The summed E-state index contributed by atoms with van der Waals surface area (Å²) in [6, 6.07) is 4.78. The Morgan fingerprint density at radius 1 is 1.06 bits per heavy atom. The van der Waals surface area contributed by atoms with Gasteiger partial charge in [0.1, 0.15) is 16.6 Å². The van der Waals surface area contributed by atoms with E-state index in [9.17, 15) is 18.4 Å². The number of esters is 1. The molecule has 1 amide bonds. The van der Waals surface area contributed by atoms with E-state index in [1.807, 2.05) is 0 Å². The van der Waals surface area contributed by atoms with Crippen LogP contribution in [-0.2, 0) is 14.3 Å². The molecule has 33 heavy (non-hydrogen) atoms. The van der Waals surface area contributed by atoms with Crippen molar-refractivity contribution in [3.63, 3.8) is 0 Å². The van der Waals surface area contributed by atoms with E-state index in [-0.39, 0.29) is 29.0 Å². The standard InChI is InChI=1S/C25H29F2NO4S/c1-15-3-5-16(6-4-15)23(29)28(18-9-11-32-12-10-18)24-20(25(30)31-2)14-22(33-24)19-8-7-17(26)13-21(19)27/h7-8,13-16,18H,3-6,9-12H2,1-2H3. The third-order valence-corrected chi connectivity index (χ3v) is 7.86. The van der Waals surface area contributed by atoms with Gasteiger partial charge in [0, 0.05) is 41.7 Å². The van der Waals surface area contributed by atoms with Crippen molar-refractivity contribution in [2.75, 3.05) is 25.2 Å². The maximum absolute atomic E-state index is 14.6.